The topological polar surface area (TPSA) is 38.3 Å². The zero-order valence-electron chi connectivity index (χ0n) is 8.74. The summed E-state index contributed by atoms with van der Waals surface area (Å²) in [7, 11) is 0. The number of ether oxygens (including phenoxy) is 1. The molecule has 0 spiro atoms. The van der Waals surface area contributed by atoms with Gasteiger partial charge >= 0.3 is 0 Å². The molecule has 0 fully saturated rings. The number of hydrogen-bond acceptors (Lipinski definition) is 2. The quantitative estimate of drug-likeness (QED) is 0.803. The van der Waals surface area contributed by atoms with Crippen molar-refractivity contribution >= 4 is 23.2 Å². The zero-order valence-corrected chi connectivity index (χ0v) is 9.49. The molecule has 0 saturated heterocycles. The summed E-state index contributed by atoms with van der Waals surface area (Å²) in [4.78, 5) is 11.5. The molecule has 82 valence electrons. The fourth-order valence-corrected chi connectivity index (χ4v) is 1.28. The minimum atomic E-state index is -0.954. The summed E-state index contributed by atoms with van der Waals surface area (Å²) in [5.74, 6) is -0.350. The maximum Gasteiger partial charge on any atom is 0.269 e. The lowest BCUT2D eigenvalue weighted by atomic mass is 10.3. The Kier molecular flexibility index (Phi) is 4.59. The number of nitrogens with one attached hydrogen (secondary N) is 1. The molecular weight excluding hydrogens is 214 g/mol. The van der Waals surface area contributed by atoms with Crippen molar-refractivity contribution in [3.8, 4) is 0 Å². The van der Waals surface area contributed by atoms with Crippen LogP contribution in [0.3, 0.4) is 0 Å². The second-order valence-electron chi connectivity index (χ2n) is 3.36. The molecule has 0 aliphatic carbocycles. The van der Waals surface area contributed by atoms with E-state index in [0.717, 1.165) is 0 Å². The van der Waals surface area contributed by atoms with Gasteiger partial charge in [-0.05, 0) is 26.0 Å². The molecule has 1 unspecified atom stereocenters. The van der Waals surface area contributed by atoms with Gasteiger partial charge in [-0.1, -0.05) is 29.8 Å². The monoisotopic (exact) mass is 227 g/mol. The predicted molar refractivity (Wildman–Crippen MR) is 60.9 cm³/mol. The number of rotatable bonds is 4. The largest absolute Gasteiger partial charge is 0.351 e. The van der Waals surface area contributed by atoms with Crippen LogP contribution in [-0.2, 0) is 9.53 Å². The van der Waals surface area contributed by atoms with Crippen molar-refractivity contribution in [2.24, 2.45) is 0 Å². The molecule has 0 heterocycles. The number of hydrogen-bond donors (Lipinski definition) is 1. The van der Waals surface area contributed by atoms with Gasteiger partial charge in [0.05, 0.1) is 6.10 Å². The van der Waals surface area contributed by atoms with Gasteiger partial charge in [-0.25, -0.2) is 0 Å². The van der Waals surface area contributed by atoms with Crippen molar-refractivity contribution in [3.05, 3.63) is 30.3 Å². The SMILES string of the molecule is CC(C)OC(Cl)C(=O)Nc1ccccc1. The van der Waals surface area contributed by atoms with Crippen LogP contribution in [0, 0.1) is 0 Å². The van der Waals surface area contributed by atoms with Crippen LogP contribution in [0.4, 0.5) is 5.69 Å². The fourth-order valence-electron chi connectivity index (χ4n) is 1.02. The molecule has 1 aromatic carbocycles. The van der Waals surface area contributed by atoms with Gasteiger partial charge in [-0.3, -0.25) is 4.79 Å². The minimum Gasteiger partial charge on any atom is -0.351 e. The number of carbonyl (C=O) groups is 1. The molecule has 1 rings (SSSR count). The normalized spacial score (nSPS) is 12.5. The Morgan fingerprint density at radius 2 is 1.93 bits per heavy atom. The van der Waals surface area contributed by atoms with Crippen LogP contribution in [0.15, 0.2) is 30.3 Å². The van der Waals surface area contributed by atoms with Gasteiger partial charge < -0.3 is 10.1 Å². The van der Waals surface area contributed by atoms with Crippen LogP contribution in [0.2, 0.25) is 0 Å². The van der Waals surface area contributed by atoms with E-state index in [0.29, 0.717) is 5.69 Å². The first-order valence-corrected chi connectivity index (χ1v) is 5.18. The Labute approximate surface area is 94.4 Å². The molecule has 4 heteroatoms. The van der Waals surface area contributed by atoms with Crippen molar-refractivity contribution < 1.29 is 9.53 Å². The summed E-state index contributed by atoms with van der Waals surface area (Å²) in [6.07, 6.45) is -0.0750. The summed E-state index contributed by atoms with van der Waals surface area (Å²) in [6, 6.07) is 9.12. The van der Waals surface area contributed by atoms with Crippen LogP contribution in [0.25, 0.3) is 0 Å². The average Bonchev–Trinajstić information content (AvgIpc) is 2.18. The van der Waals surface area contributed by atoms with Crippen LogP contribution < -0.4 is 5.32 Å². The highest BCUT2D eigenvalue weighted by molar-refractivity contribution is 6.31. The van der Waals surface area contributed by atoms with Crippen molar-refractivity contribution in [2.75, 3.05) is 5.32 Å². The Morgan fingerprint density at radius 1 is 1.33 bits per heavy atom. The lowest BCUT2D eigenvalue weighted by molar-refractivity contribution is -0.124. The Hall–Kier alpha value is -1.06. The lowest BCUT2D eigenvalue weighted by Crippen LogP contribution is -2.27. The number of amides is 1. The first-order chi connectivity index (χ1) is 7.09. The van der Waals surface area contributed by atoms with Crippen LogP contribution in [0.1, 0.15) is 13.8 Å². The highest BCUT2D eigenvalue weighted by atomic mass is 35.5. The van der Waals surface area contributed by atoms with Crippen LogP contribution in [-0.4, -0.2) is 17.6 Å². The van der Waals surface area contributed by atoms with Gasteiger partial charge in [0.15, 0.2) is 0 Å². The van der Waals surface area contributed by atoms with Crippen LogP contribution >= 0.6 is 11.6 Å². The molecule has 0 radical (unpaired) electrons. The zero-order chi connectivity index (χ0) is 11.3. The molecule has 1 N–H and O–H groups in total. The lowest BCUT2D eigenvalue weighted by Gasteiger charge is -2.13. The van der Waals surface area contributed by atoms with E-state index in [1.165, 1.54) is 0 Å². The smallest absolute Gasteiger partial charge is 0.269 e. The fraction of sp³-hybridized carbons (Fsp3) is 0.364. The number of halogens is 1. The van der Waals surface area contributed by atoms with Gasteiger partial charge in [0.1, 0.15) is 0 Å². The molecule has 0 aliphatic rings. The number of anilines is 1. The molecular formula is C11H14ClNO2. The van der Waals surface area contributed by atoms with E-state index < -0.39 is 5.56 Å². The van der Waals surface area contributed by atoms with E-state index in [-0.39, 0.29) is 12.0 Å². The van der Waals surface area contributed by atoms with Crippen molar-refractivity contribution in [1.82, 2.24) is 0 Å². The van der Waals surface area contributed by atoms with E-state index in [1.807, 2.05) is 32.0 Å². The maximum atomic E-state index is 11.5. The first kappa shape index (κ1) is 12.0. The second kappa shape index (κ2) is 5.73. The van der Waals surface area contributed by atoms with Crippen molar-refractivity contribution in [3.63, 3.8) is 0 Å². The second-order valence-corrected chi connectivity index (χ2v) is 3.75. The highest BCUT2D eigenvalue weighted by Gasteiger charge is 2.16. The first-order valence-electron chi connectivity index (χ1n) is 4.75. The van der Waals surface area contributed by atoms with Crippen molar-refractivity contribution in [2.45, 2.75) is 25.5 Å². The minimum absolute atomic E-state index is 0.0750. The molecule has 15 heavy (non-hydrogen) atoms. The van der Waals surface area contributed by atoms with E-state index in [2.05, 4.69) is 5.32 Å². The highest BCUT2D eigenvalue weighted by Crippen LogP contribution is 2.09. The molecule has 1 amide bonds. The third-order valence-electron chi connectivity index (χ3n) is 1.64. The molecule has 1 aromatic rings. The van der Waals surface area contributed by atoms with Gasteiger partial charge in [-0.2, -0.15) is 0 Å². The average molecular weight is 228 g/mol. The Bertz CT molecular complexity index is 314. The molecule has 0 saturated carbocycles. The summed E-state index contributed by atoms with van der Waals surface area (Å²) < 4.78 is 5.14. The molecule has 0 aromatic heterocycles. The maximum absolute atomic E-state index is 11.5. The Morgan fingerprint density at radius 3 is 2.47 bits per heavy atom. The summed E-state index contributed by atoms with van der Waals surface area (Å²) in [5.41, 5.74) is -0.245. The summed E-state index contributed by atoms with van der Waals surface area (Å²) in [6.45, 7) is 3.65. The summed E-state index contributed by atoms with van der Waals surface area (Å²) in [5, 5.41) is 2.65. The van der Waals surface area contributed by atoms with E-state index in [1.54, 1.807) is 12.1 Å². The predicted octanol–water partition coefficient (Wildman–Crippen LogP) is 2.62. The Balaban J connectivity index is 2.49. The molecule has 0 bridgehead atoms. The molecule has 0 aliphatic heterocycles. The van der Waals surface area contributed by atoms with E-state index >= 15 is 0 Å². The number of para-hydroxylation sites is 1. The van der Waals surface area contributed by atoms with Crippen LogP contribution in [0.5, 0.6) is 0 Å². The van der Waals surface area contributed by atoms with E-state index in [9.17, 15) is 4.79 Å². The van der Waals surface area contributed by atoms with Gasteiger partial charge in [0, 0.05) is 5.69 Å². The van der Waals surface area contributed by atoms with Gasteiger partial charge in [-0.15, -0.1) is 0 Å². The van der Waals surface area contributed by atoms with E-state index in [4.69, 9.17) is 16.3 Å². The van der Waals surface area contributed by atoms with Gasteiger partial charge in [0.25, 0.3) is 5.91 Å². The molecule has 3 nitrogen and oxygen atoms in total. The third-order valence-corrected chi connectivity index (χ3v) is 1.94. The number of alkyl halides is 1. The third kappa shape index (κ3) is 4.32. The number of benzene rings is 1. The molecule has 1 atom stereocenters. The summed E-state index contributed by atoms with van der Waals surface area (Å²) >= 11 is 5.74. The van der Waals surface area contributed by atoms with Gasteiger partial charge in [0.2, 0.25) is 5.56 Å². The standard InChI is InChI=1S/C11H14ClNO2/c1-8(2)15-10(12)11(14)13-9-6-4-3-5-7-9/h3-8,10H,1-2H3,(H,13,14). The van der Waals surface area contributed by atoms with Crippen molar-refractivity contribution in [1.29, 1.82) is 0 Å². The number of carbonyl (C=O) groups excluding carboxylic acids is 1.